The van der Waals surface area contributed by atoms with E-state index in [1.54, 1.807) is 0 Å². The van der Waals surface area contributed by atoms with Crippen molar-refractivity contribution in [3.63, 3.8) is 0 Å². The van der Waals surface area contributed by atoms with E-state index in [0.29, 0.717) is 12.0 Å². The number of furan rings is 1. The summed E-state index contributed by atoms with van der Waals surface area (Å²) in [6.07, 6.45) is 2.24. The average molecular weight is 251 g/mol. The zero-order valence-corrected chi connectivity index (χ0v) is 8.82. The Morgan fingerprint density at radius 3 is 2.57 bits per heavy atom. The van der Waals surface area contributed by atoms with Gasteiger partial charge in [0.05, 0.1) is 4.47 Å². The van der Waals surface area contributed by atoms with Crippen LogP contribution in [0.15, 0.2) is 45.5 Å². The van der Waals surface area contributed by atoms with Gasteiger partial charge in [-0.05, 0) is 21.5 Å². The fraction of sp³-hybridized carbons (Fsp3) is 0. The highest BCUT2D eigenvalue weighted by molar-refractivity contribution is 9.10. The molecule has 0 aliphatic carbocycles. The molecular weight excluding hydrogens is 244 g/mol. The smallest absolute Gasteiger partial charge is 0.186 e. The molecule has 70 valence electrons. The Bertz CT molecular complexity index is 446. The second-order valence-electron chi connectivity index (χ2n) is 2.81. The number of halogens is 1. The molecule has 0 aliphatic heterocycles. The van der Waals surface area contributed by atoms with E-state index in [0.717, 1.165) is 15.6 Å². The molecule has 0 amide bonds. The summed E-state index contributed by atoms with van der Waals surface area (Å²) in [4.78, 5) is 10.7. The Balaban J connectivity index is 2.61. The van der Waals surface area contributed by atoms with Crippen LogP contribution in [-0.2, 0) is 0 Å². The third kappa shape index (κ3) is 1.51. The van der Waals surface area contributed by atoms with Crippen molar-refractivity contribution in [2.75, 3.05) is 0 Å². The van der Waals surface area contributed by atoms with Gasteiger partial charge in [-0.1, -0.05) is 30.3 Å². The molecule has 0 atom stereocenters. The predicted octanol–water partition coefficient (Wildman–Crippen LogP) is 3.52. The molecule has 1 aromatic heterocycles. The first kappa shape index (κ1) is 9.21. The van der Waals surface area contributed by atoms with Gasteiger partial charge < -0.3 is 4.42 Å². The minimum absolute atomic E-state index is 0.350. The van der Waals surface area contributed by atoms with E-state index >= 15 is 0 Å². The molecule has 2 rings (SSSR count). The summed E-state index contributed by atoms with van der Waals surface area (Å²) in [7, 11) is 0. The molecule has 0 N–H and O–H groups in total. The lowest BCUT2D eigenvalue weighted by Crippen LogP contribution is -1.81. The van der Waals surface area contributed by atoms with Crippen molar-refractivity contribution in [2.24, 2.45) is 0 Å². The summed E-state index contributed by atoms with van der Waals surface area (Å²) in [5.74, 6) is 0.350. The summed E-state index contributed by atoms with van der Waals surface area (Å²) >= 11 is 3.34. The number of rotatable bonds is 2. The molecule has 3 heteroatoms. The van der Waals surface area contributed by atoms with Gasteiger partial charge in [0.25, 0.3) is 0 Å². The predicted molar refractivity (Wildman–Crippen MR) is 57.2 cm³/mol. The van der Waals surface area contributed by atoms with E-state index in [1.165, 1.54) is 6.26 Å². The van der Waals surface area contributed by atoms with E-state index < -0.39 is 0 Å². The molecule has 0 fully saturated rings. The van der Waals surface area contributed by atoms with Gasteiger partial charge in [-0.15, -0.1) is 0 Å². The van der Waals surface area contributed by atoms with Crippen LogP contribution in [0.1, 0.15) is 10.6 Å². The Kier molecular flexibility index (Phi) is 2.50. The molecule has 0 aliphatic rings. The average Bonchev–Trinajstić information content (AvgIpc) is 2.61. The van der Waals surface area contributed by atoms with Crippen molar-refractivity contribution in [1.29, 1.82) is 0 Å². The molecule has 1 heterocycles. The molecule has 0 unspecified atom stereocenters. The van der Waals surface area contributed by atoms with Gasteiger partial charge in [0.1, 0.15) is 6.26 Å². The monoisotopic (exact) mass is 250 g/mol. The molecule has 1 aromatic carbocycles. The van der Waals surface area contributed by atoms with Crippen LogP contribution in [0, 0.1) is 0 Å². The Morgan fingerprint density at radius 2 is 1.93 bits per heavy atom. The van der Waals surface area contributed by atoms with Crippen molar-refractivity contribution in [3.8, 4) is 11.1 Å². The fourth-order valence-electron chi connectivity index (χ4n) is 1.32. The van der Waals surface area contributed by atoms with Crippen molar-refractivity contribution < 1.29 is 9.21 Å². The highest BCUT2D eigenvalue weighted by atomic mass is 79.9. The van der Waals surface area contributed by atoms with E-state index in [2.05, 4.69) is 15.9 Å². The normalized spacial score (nSPS) is 10.1. The second-order valence-corrected chi connectivity index (χ2v) is 3.66. The Morgan fingerprint density at radius 1 is 1.21 bits per heavy atom. The summed E-state index contributed by atoms with van der Waals surface area (Å²) in [5.41, 5.74) is 1.77. The Labute approximate surface area is 89.7 Å². The van der Waals surface area contributed by atoms with Crippen LogP contribution in [0.2, 0.25) is 0 Å². The van der Waals surface area contributed by atoms with Gasteiger partial charge in [-0.3, -0.25) is 4.79 Å². The number of carbonyl (C=O) groups is 1. The first-order valence-corrected chi connectivity index (χ1v) is 4.90. The maximum absolute atomic E-state index is 10.7. The first-order valence-electron chi connectivity index (χ1n) is 4.10. The van der Waals surface area contributed by atoms with Gasteiger partial charge in [0.2, 0.25) is 0 Å². The number of aldehydes is 1. The highest BCUT2D eigenvalue weighted by Gasteiger charge is 2.12. The number of hydrogen-bond acceptors (Lipinski definition) is 2. The van der Waals surface area contributed by atoms with E-state index in [9.17, 15) is 4.79 Å². The minimum Gasteiger partial charge on any atom is -0.460 e. The van der Waals surface area contributed by atoms with Crippen LogP contribution in [0.5, 0.6) is 0 Å². The number of carbonyl (C=O) groups excluding carboxylic acids is 1. The van der Waals surface area contributed by atoms with E-state index in [4.69, 9.17) is 4.42 Å². The lowest BCUT2D eigenvalue weighted by molar-refractivity contribution is 0.110. The summed E-state index contributed by atoms with van der Waals surface area (Å²) in [6.45, 7) is 0. The second kappa shape index (κ2) is 3.80. The van der Waals surface area contributed by atoms with Crippen molar-refractivity contribution in [1.82, 2.24) is 0 Å². The lowest BCUT2D eigenvalue weighted by atomic mass is 10.1. The van der Waals surface area contributed by atoms with Gasteiger partial charge in [0, 0.05) is 5.56 Å². The van der Waals surface area contributed by atoms with Crippen LogP contribution in [0.25, 0.3) is 11.1 Å². The van der Waals surface area contributed by atoms with E-state index in [1.807, 2.05) is 30.3 Å². The number of benzene rings is 1. The summed E-state index contributed by atoms with van der Waals surface area (Å²) in [5, 5.41) is 0. The zero-order valence-electron chi connectivity index (χ0n) is 7.24. The standard InChI is InChI=1S/C11H7BrO2/c12-9-7-14-10(6-13)11(9)8-4-2-1-3-5-8/h1-7H. The van der Waals surface area contributed by atoms with Crippen LogP contribution >= 0.6 is 15.9 Å². The third-order valence-electron chi connectivity index (χ3n) is 1.94. The maximum Gasteiger partial charge on any atom is 0.186 e. The molecular formula is C11H7BrO2. The minimum atomic E-state index is 0.350. The van der Waals surface area contributed by atoms with Gasteiger partial charge in [-0.2, -0.15) is 0 Å². The highest BCUT2D eigenvalue weighted by Crippen LogP contribution is 2.32. The fourth-order valence-corrected chi connectivity index (χ4v) is 1.84. The lowest BCUT2D eigenvalue weighted by Gasteiger charge is -1.98. The molecule has 2 aromatic rings. The third-order valence-corrected chi connectivity index (χ3v) is 2.53. The van der Waals surface area contributed by atoms with Crippen molar-refractivity contribution in [2.45, 2.75) is 0 Å². The first-order chi connectivity index (χ1) is 6.83. The summed E-state index contributed by atoms with van der Waals surface area (Å²) in [6, 6.07) is 9.63. The van der Waals surface area contributed by atoms with E-state index in [-0.39, 0.29) is 0 Å². The number of hydrogen-bond donors (Lipinski definition) is 0. The molecule has 0 saturated carbocycles. The van der Waals surface area contributed by atoms with Gasteiger partial charge >= 0.3 is 0 Å². The molecule has 0 saturated heterocycles. The summed E-state index contributed by atoms with van der Waals surface area (Å²) < 4.78 is 5.88. The Hall–Kier alpha value is -1.35. The zero-order chi connectivity index (χ0) is 9.97. The SMILES string of the molecule is O=Cc1occ(Br)c1-c1ccccc1. The molecule has 14 heavy (non-hydrogen) atoms. The van der Waals surface area contributed by atoms with Crippen molar-refractivity contribution in [3.05, 3.63) is 46.8 Å². The molecule has 0 spiro atoms. The maximum atomic E-state index is 10.7. The quantitative estimate of drug-likeness (QED) is 0.764. The van der Waals surface area contributed by atoms with Crippen LogP contribution < -0.4 is 0 Å². The van der Waals surface area contributed by atoms with Gasteiger partial charge in [-0.25, -0.2) is 0 Å². The van der Waals surface area contributed by atoms with Crippen LogP contribution in [0.4, 0.5) is 0 Å². The van der Waals surface area contributed by atoms with Crippen LogP contribution in [-0.4, -0.2) is 6.29 Å². The van der Waals surface area contributed by atoms with Crippen LogP contribution in [0.3, 0.4) is 0 Å². The molecule has 2 nitrogen and oxygen atoms in total. The van der Waals surface area contributed by atoms with Gasteiger partial charge in [0.15, 0.2) is 12.0 Å². The largest absolute Gasteiger partial charge is 0.460 e. The molecule has 0 radical (unpaired) electrons. The van der Waals surface area contributed by atoms with Crippen molar-refractivity contribution >= 4 is 22.2 Å². The topological polar surface area (TPSA) is 30.2 Å². The molecule has 0 bridgehead atoms.